The molecule has 54 valence electrons. The summed E-state index contributed by atoms with van der Waals surface area (Å²) in [6.07, 6.45) is 1.96. The van der Waals surface area contributed by atoms with Gasteiger partial charge in [0.25, 0.3) is 0 Å². The minimum absolute atomic E-state index is 0.0767. The van der Waals surface area contributed by atoms with E-state index in [1.165, 1.54) is 12.3 Å². The Hall–Kier alpha value is -0.960. The number of aromatic nitrogens is 1. The van der Waals surface area contributed by atoms with E-state index in [-0.39, 0.29) is 6.61 Å². The second kappa shape index (κ2) is 3.27. The average molecular weight is 141 g/mol. The van der Waals surface area contributed by atoms with Gasteiger partial charge in [-0.3, -0.25) is 0 Å². The molecule has 1 aromatic rings. The highest BCUT2D eigenvalue weighted by Gasteiger charge is 1.92. The van der Waals surface area contributed by atoms with Gasteiger partial charge in [-0.2, -0.15) is 4.39 Å². The lowest BCUT2D eigenvalue weighted by molar-refractivity contribution is 0.299. The molecule has 0 aliphatic heterocycles. The third-order valence-corrected chi connectivity index (χ3v) is 1.19. The summed E-state index contributed by atoms with van der Waals surface area (Å²) in [7, 11) is 0. The van der Waals surface area contributed by atoms with Crippen LogP contribution in [0.1, 0.15) is 5.56 Å². The number of aliphatic hydroxyl groups is 1. The number of aliphatic hydroxyl groups excluding tert-OH is 1. The smallest absolute Gasteiger partial charge is 0.212 e. The van der Waals surface area contributed by atoms with Crippen molar-refractivity contribution in [1.29, 1.82) is 0 Å². The van der Waals surface area contributed by atoms with Crippen molar-refractivity contribution in [1.82, 2.24) is 4.98 Å². The van der Waals surface area contributed by atoms with Gasteiger partial charge in [0.1, 0.15) is 0 Å². The van der Waals surface area contributed by atoms with Crippen LogP contribution in [0.4, 0.5) is 4.39 Å². The Labute approximate surface area is 58.3 Å². The van der Waals surface area contributed by atoms with Crippen LogP contribution in [-0.4, -0.2) is 16.7 Å². The highest BCUT2D eigenvalue weighted by Crippen LogP contribution is 1.98. The van der Waals surface area contributed by atoms with Crippen LogP contribution in [0.25, 0.3) is 0 Å². The largest absolute Gasteiger partial charge is 0.396 e. The molecule has 0 amide bonds. The number of rotatable bonds is 2. The summed E-state index contributed by atoms with van der Waals surface area (Å²) >= 11 is 0. The molecular formula is C7H8FNO. The molecule has 1 heterocycles. The van der Waals surface area contributed by atoms with Gasteiger partial charge in [0.05, 0.1) is 0 Å². The number of nitrogens with zero attached hydrogens (tertiary/aromatic N) is 1. The summed E-state index contributed by atoms with van der Waals surface area (Å²) in [6, 6.07) is 2.89. The van der Waals surface area contributed by atoms with Crippen LogP contribution in [0.5, 0.6) is 0 Å². The monoisotopic (exact) mass is 141 g/mol. The van der Waals surface area contributed by atoms with E-state index in [0.717, 1.165) is 5.56 Å². The molecule has 0 saturated heterocycles. The molecule has 0 unspecified atom stereocenters. The van der Waals surface area contributed by atoms with E-state index in [1.807, 2.05) is 0 Å². The molecule has 2 nitrogen and oxygen atoms in total. The molecule has 1 rings (SSSR count). The zero-order chi connectivity index (χ0) is 7.40. The molecule has 0 aliphatic carbocycles. The van der Waals surface area contributed by atoms with E-state index >= 15 is 0 Å². The maximum Gasteiger partial charge on any atom is 0.212 e. The first kappa shape index (κ1) is 7.15. The van der Waals surface area contributed by atoms with Crippen LogP contribution in [-0.2, 0) is 6.42 Å². The molecule has 1 aromatic heterocycles. The maximum atomic E-state index is 12.2. The van der Waals surface area contributed by atoms with E-state index in [4.69, 9.17) is 5.11 Å². The van der Waals surface area contributed by atoms with Crippen molar-refractivity contribution < 1.29 is 9.50 Å². The molecule has 1 N–H and O–H groups in total. The number of hydrogen-bond acceptors (Lipinski definition) is 2. The Kier molecular flexibility index (Phi) is 2.34. The summed E-state index contributed by atoms with van der Waals surface area (Å²) in [4.78, 5) is 3.42. The van der Waals surface area contributed by atoms with Crippen molar-refractivity contribution >= 4 is 0 Å². The predicted octanol–water partition coefficient (Wildman–Crippen LogP) is 0.756. The predicted molar refractivity (Wildman–Crippen MR) is 35.0 cm³/mol. The van der Waals surface area contributed by atoms with E-state index < -0.39 is 5.95 Å². The first-order valence-electron chi connectivity index (χ1n) is 3.04. The van der Waals surface area contributed by atoms with E-state index in [0.29, 0.717) is 6.42 Å². The normalized spacial score (nSPS) is 9.80. The molecule has 10 heavy (non-hydrogen) atoms. The summed E-state index contributed by atoms with van der Waals surface area (Å²) in [5.41, 5.74) is 0.851. The van der Waals surface area contributed by atoms with Crippen LogP contribution in [0.2, 0.25) is 0 Å². The number of pyridine rings is 1. The molecule has 0 saturated carbocycles. The molecule has 0 radical (unpaired) electrons. The lowest BCUT2D eigenvalue weighted by Crippen LogP contribution is -1.91. The maximum absolute atomic E-state index is 12.2. The van der Waals surface area contributed by atoms with Crippen molar-refractivity contribution in [2.75, 3.05) is 6.61 Å². The topological polar surface area (TPSA) is 33.1 Å². The molecule has 3 heteroatoms. The fraction of sp³-hybridized carbons (Fsp3) is 0.286. The summed E-state index contributed by atoms with van der Waals surface area (Å²) in [5, 5.41) is 8.47. The third kappa shape index (κ3) is 1.77. The van der Waals surface area contributed by atoms with Crippen LogP contribution in [0, 0.1) is 5.95 Å². The van der Waals surface area contributed by atoms with Crippen molar-refractivity contribution in [2.24, 2.45) is 0 Å². The van der Waals surface area contributed by atoms with Crippen LogP contribution >= 0.6 is 0 Å². The number of halogens is 1. The number of hydrogen-bond donors (Lipinski definition) is 1. The Morgan fingerprint density at radius 1 is 1.50 bits per heavy atom. The quantitative estimate of drug-likeness (QED) is 0.616. The van der Waals surface area contributed by atoms with Gasteiger partial charge in [-0.1, -0.05) is 6.07 Å². The molecular weight excluding hydrogens is 133 g/mol. The Morgan fingerprint density at radius 3 is 2.80 bits per heavy atom. The molecule has 0 spiro atoms. The van der Waals surface area contributed by atoms with E-state index in [2.05, 4.69) is 4.98 Å². The van der Waals surface area contributed by atoms with Gasteiger partial charge in [-0.05, 0) is 18.1 Å². The fourth-order valence-electron chi connectivity index (χ4n) is 0.683. The lowest BCUT2D eigenvalue weighted by atomic mass is 10.2. The minimum Gasteiger partial charge on any atom is -0.396 e. The van der Waals surface area contributed by atoms with Crippen LogP contribution < -0.4 is 0 Å². The first-order chi connectivity index (χ1) is 4.83. The van der Waals surface area contributed by atoms with Crippen molar-refractivity contribution in [2.45, 2.75) is 6.42 Å². The first-order valence-corrected chi connectivity index (χ1v) is 3.04. The van der Waals surface area contributed by atoms with Crippen molar-refractivity contribution in [3.8, 4) is 0 Å². The van der Waals surface area contributed by atoms with Gasteiger partial charge >= 0.3 is 0 Å². The van der Waals surface area contributed by atoms with Gasteiger partial charge in [-0.15, -0.1) is 0 Å². The third-order valence-electron chi connectivity index (χ3n) is 1.19. The summed E-state index contributed by atoms with van der Waals surface area (Å²) in [6.45, 7) is 0.0767. The fourth-order valence-corrected chi connectivity index (χ4v) is 0.683. The molecule has 0 atom stereocenters. The highest BCUT2D eigenvalue weighted by molar-refractivity contribution is 5.09. The van der Waals surface area contributed by atoms with Crippen molar-refractivity contribution in [3.05, 3.63) is 29.8 Å². The van der Waals surface area contributed by atoms with E-state index in [9.17, 15) is 4.39 Å². The molecule has 0 aliphatic rings. The molecule has 0 aromatic carbocycles. The highest BCUT2D eigenvalue weighted by atomic mass is 19.1. The second-order valence-electron chi connectivity index (χ2n) is 1.96. The van der Waals surface area contributed by atoms with E-state index in [1.54, 1.807) is 6.07 Å². The van der Waals surface area contributed by atoms with Gasteiger partial charge in [-0.25, -0.2) is 4.98 Å². The Morgan fingerprint density at radius 2 is 2.30 bits per heavy atom. The molecule has 0 fully saturated rings. The van der Waals surface area contributed by atoms with Gasteiger partial charge in [0, 0.05) is 12.8 Å². The minimum atomic E-state index is -0.485. The van der Waals surface area contributed by atoms with Gasteiger partial charge in [0.15, 0.2) is 0 Å². The SMILES string of the molecule is OCCc1ccc(F)nc1. The second-order valence-corrected chi connectivity index (χ2v) is 1.96. The van der Waals surface area contributed by atoms with Gasteiger partial charge < -0.3 is 5.11 Å². The van der Waals surface area contributed by atoms with Crippen LogP contribution in [0.15, 0.2) is 18.3 Å². The zero-order valence-corrected chi connectivity index (χ0v) is 5.42. The zero-order valence-electron chi connectivity index (χ0n) is 5.42. The van der Waals surface area contributed by atoms with Crippen molar-refractivity contribution in [3.63, 3.8) is 0 Å². The van der Waals surface area contributed by atoms with Gasteiger partial charge in [0.2, 0.25) is 5.95 Å². The Bertz CT molecular complexity index is 197. The standard InChI is InChI=1S/C7H8FNO/c8-7-2-1-6(3-4-10)5-9-7/h1-2,5,10H,3-4H2. The average Bonchev–Trinajstić information content (AvgIpc) is 1.95. The van der Waals surface area contributed by atoms with Crippen LogP contribution in [0.3, 0.4) is 0 Å². The molecule has 0 bridgehead atoms. The lowest BCUT2D eigenvalue weighted by Gasteiger charge is -1.94. The Balaban J connectivity index is 2.69. The summed E-state index contributed by atoms with van der Waals surface area (Å²) < 4.78 is 12.2. The summed E-state index contributed by atoms with van der Waals surface area (Å²) in [5.74, 6) is -0.485.